The Balaban J connectivity index is 1.41. The summed E-state index contributed by atoms with van der Waals surface area (Å²) >= 11 is 0. The zero-order chi connectivity index (χ0) is 16.5. The first-order chi connectivity index (χ1) is 11.7. The van der Waals surface area contributed by atoms with Crippen LogP contribution in [-0.4, -0.2) is 20.3 Å². The Morgan fingerprint density at radius 2 is 2.21 bits per heavy atom. The third-order valence-electron chi connectivity index (χ3n) is 4.97. The predicted molar refractivity (Wildman–Crippen MR) is 93.6 cm³/mol. The average Bonchev–Trinajstić information content (AvgIpc) is 3.18. The van der Waals surface area contributed by atoms with Gasteiger partial charge in [-0.15, -0.1) is 0 Å². The van der Waals surface area contributed by atoms with Crippen molar-refractivity contribution in [2.75, 3.05) is 0 Å². The topological polar surface area (TPSA) is 51.9 Å². The van der Waals surface area contributed by atoms with Crippen LogP contribution in [0.3, 0.4) is 0 Å². The number of nitrogens with one attached hydrogen (secondary N) is 1. The molecule has 124 valence electrons. The number of benzene rings is 1. The number of hydrogen-bond acceptors (Lipinski definition) is 2. The molecule has 5 nitrogen and oxygen atoms in total. The summed E-state index contributed by atoms with van der Waals surface area (Å²) in [6, 6.07) is 10.5. The highest BCUT2D eigenvalue weighted by molar-refractivity contribution is 5.80. The second-order valence-electron chi connectivity index (χ2n) is 6.50. The van der Waals surface area contributed by atoms with E-state index in [1.54, 1.807) is 0 Å². The summed E-state index contributed by atoms with van der Waals surface area (Å²) in [4.78, 5) is 12.4. The fraction of sp³-hybridized carbons (Fsp3) is 0.368. The third kappa shape index (κ3) is 2.70. The SMILES string of the molecule is Cn1ncc2c1CCC[C@H]2NC(=O)CCn1ccc2ccccc21. The van der Waals surface area contributed by atoms with Crippen molar-refractivity contribution in [1.82, 2.24) is 19.7 Å². The van der Waals surface area contributed by atoms with Gasteiger partial charge in [-0.05, 0) is 36.8 Å². The molecule has 2 aromatic heterocycles. The van der Waals surface area contributed by atoms with Gasteiger partial charge in [0.25, 0.3) is 0 Å². The molecule has 1 amide bonds. The van der Waals surface area contributed by atoms with E-state index in [4.69, 9.17) is 0 Å². The fourth-order valence-corrected chi connectivity index (χ4v) is 3.68. The number of aryl methyl sites for hydroxylation is 2. The first kappa shape index (κ1) is 15.0. The maximum Gasteiger partial charge on any atom is 0.222 e. The van der Waals surface area contributed by atoms with Crippen molar-refractivity contribution < 1.29 is 4.79 Å². The lowest BCUT2D eigenvalue weighted by Crippen LogP contribution is -2.31. The predicted octanol–water partition coefficient (Wildman–Crippen LogP) is 2.96. The van der Waals surface area contributed by atoms with Crippen LogP contribution in [0.15, 0.2) is 42.7 Å². The highest BCUT2D eigenvalue weighted by Crippen LogP contribution is 2.29. The Kier molecular flexibility index (Phi) is 3.84. The summed E-state index contributed by atoms with van der Waals surface area (Å²) in [5.41, 5.74) is 3.61. The van der Waals surface area contributed by atoms with Crippen LogP contribution in [0.1, 0.15) is 36.6 Å². The van der Waals surface area contributed by atoms with E-state index in [1.807, 2.05) is 30.1 Å². The number of aromatic nitrogens is 3. The zero-order valence-corrected chi connectivity index (χ0v) is 13.9. The van der Waals surface area contributed by atoms with Crippen molar-refractivity contribution in [2.24, 2.45) is 7.05 Å². The summed E-state index contributed by atoms with van der Waals surface area (Å²) < 4.78 is 4.07. The normalized spacial score (nSPS) is 17.0. The van der Waals surface area contributed by atoms with E-state index in [9.17, 15) is 4.79 Å². The second-order valence-corrected chi connectivity index (χ2v) is 6.50. The quantitative estimate of drug-likeness (QED) is 0.803. The first-order valence-corrected chi connectivity index (χ1v) is 8.56. The molecule has 0 radical (unpaired) electrons. The summed E-state index contributed by atoms with van der Waals surface area (Å²) in [5.74, 6) is 0.106. The van der Waals surface area contributed by atoms with Crippen LogP contribution in [0.2, 0.25) is 0 Å². The minimum Gasteiger partial charge on any atom is -0.349 e. The number of amides is 1. The molecule has 0 saturated heterocycles. The number of carbonyl (C=O) groups excluding carboxylic acids is 1. The van der Waals surface area contributed by atoms with Gasteiger partial charge in [0.05, 0.1) is 12.2 Å². The molecule has 1 atom stereocenters. The van der Waals surface area contributed by atoms with Crippen molar-refractivity contribution >= 4 is 16.8 Å². The van der Waals surface area contributed by atoms with Crippen LogP contribution in [-0.2, 0) is 24.8 Å². The minimum absolute atomic E-state index is 0.106. The molecule has 2 heterocycles. The maximum atomic E-state index is 12.4. The average molecular weight is 322 g/mol. The Bertz CT molecular complexity index is 877. The van der Waals surface area contributed by atoms with Crippen LogP contribution in [0.5, 0.6) is 0 Å². The Morgan fingerprint density at radius 3 is 3.12 bits per heavy atom. The number of nitrogens with zero attached hydrogens (tertiary/aromatic N) is 3. The van der Waals surface area contributed by atoms with E-state index in [1.165, 1.54) is 22.2 Å². The largest absolute Gasteiger partial charge is 0.349 e. The smallest absolute Gasteiger partial charge is 0.222 e. The van der Waals surface area contributed by atoms with E-state index in [2.05, 4.69) is 39.4 Å². The molecule has 3 aromatic rings. The maximum absolute atomic E-state index is 12.4. The standard InChI is InChI=1S/C19H22N4O/c1-22-18-8-4-6-16(15(18)13-20-22)21-19(24)10-12-23-11-9-14-5-2-3-7-17(14)23/h2-3,5,7,9,11,13,16H,4,6,8,10,12H2,1H3,(H,21,24)/t16-/m1/s1. The van der Waals surface area contributed by atoms with Gasteiger partial charge in [-0.2, -0.15) is 5.10 Å². The Morgan fingerprint density at radius 1 is 1.33 bits per heavy atom. The van der Waals surface area contributed by atoms with Gasteiger partial charge in [0.2, 0.25) is 5.91 Å². The van der Waals surface area contributed by atoms with Gasteiger partial charge in [-0.3, -0.25) is 9.48 Å². The van der Waals surface area contributed by atoms with Gasteiger partial charge >= 0.3 is 0 Å². The molecular weight excluding hydrogens is 300 g/mol. The van der Waals surface area contributed by atoms with Crippen LogP contribution < -0.4 is 5.32 Å². The molecule has 5 heteroatoms. The minimum atomic E-state index is 0.106. The number of carbonyl (C=O) groups is 1. The lowest BCUT2D eigenvalue weighted by molar-refractivity contribution is -0.122. The van der Waals surface area contributed by atoms with Crippen molar-refractivity contribution in [3.8, 4) is 0 Å². The zero-order valence-electron chi connectivity index (χ0n) is 13.9. The van der Waals surface area contributed by atoms with Gasteiger partial charge in [0.15, 0.2) is 0 Å². The van der Waals surface area contributed by atoms with Gasteiger partial charge in [-0.1, -0.05) is 18.2 Å². The molecule has 0 unspecified atom stereocenters. The van der Waals surface area contributed by atoms with Crippen molar-refractivity contribution in [3.05, 3.63) is 54.0 Å². The molecule has 1 N–H and O–H groups in total. The van der Waals surface area contributed by atoms with Gasteiger partial charge in [0.1, 0.15) is 0 Å². The molecular formula is C19H22N4O. The lowest BCUT2D eigenvalue weighted by atomic mass is 9.93. The number of hydrogen-bond donors (Lipinski definition) is 1. The first-order valence-electron chi connectivity index (χ1n) is 8.56. The highest BCUT2D eigenvalue weighted by atomic mass is 16.1. The number of fused-ring (bicyclic) bond motifs is 2. The van der Waals surface area contributed by atoms with Gasteiger partial charge in [0, 0.05) is 43.0 Å². The van der Waals surface area contributed by atoms with E-state index in [0.29, 0.717) is 13.0 Å². The van der Waals surface area contributed by atoms with E-state index in [-0.39, 0.29) is 11.9 Å². The summed E-state index contributed by atoms with van der Waals surface area (Å²) in [7, 11) is 1.97. The summed E-state index contributed by atoms with van der Waals surface area (Å²) in [6.07, 6.45) is 7.59. The van der Waals surface area contributed by atoms with Gasteiger partial charge in [-0.25, -0.2) is 0 Å². The molecule has 0 saturated carbocycles. The Hall–Kier alpha value is -2.56. The van der Waals surface area contributed by atoms with Crippen LogP contribution in [0, 0.1) is 0 Å². The third-order valence-corrected chi connectivity index (χ3v) is 4.97. The van der Waals surface area contributed by atoms with Crippen LogP contribution in [0.25, 0.3) is 10.9 Å². The molecule has 0 spiro atoms. The molecule has 1 aliphatic rings. The molecule has 1 aliphatic carbocycles. The van der Waals surface area contributed by atoms with E-state index in [0.717, 1.165) is 19.3 Å². The van der Waals surface area contributed by atoms with Crippen LogP contribution >= 0.6 is 0 Å². The number of rotatable bonds is 4. The van der Waals surface area contributed by atoms with Crippen molar-refractivity contribution in [1.29, 1.82) is 0 Å². The monoisotopic (exact) mass is 322 g/mol. The van der Waals surface area contributed by atoms with E-state index >= 15 is 0 Å². The molecule has 0 fully saturated rings. The second kappa shape index (κ2) is 6.15. The van der Waals surface area contributed by atoms with E-state index < -0.39 is 0 Å². The molecule has 0 bridgehead atoms. The van der Waals surface area contributed by atoms with Crippen molar-refractivity contribution in [3.63, 3.8) is 0 Å². The molecule has 4 rings (SSSR count). The number of para-hydroxylation sites is 1. The lowest BCUT2D eigenvalue weighted by Gasteiger charge is -2.23. The molecule has 0 aliphatic heterocycles. The summed E-state index contributed by atoms with van der Waals surface area (Å²) in [5, 5.41) is 8.74. The Labute approximate surface area is 141 Å². The van der Waals surface area contributed by atoms with Crippen LogP contribution in [0.4, 0.5) is 0 Å². The molecule has 24 heavy (non-hydrogen) atoms. The molecule has 1 aromatic carbocycles. The summed E-state index contributed by atoms with van der Waals surface area (Å²) in [6.45, 7) is 0.700. The fourth-order valence-electron chi connectivity index (χ4n) is 3.68. The highest BCUT2D eigenvalue weighted by Gasteiger charge is 2.24. The van der Waals surface area contributed by atoms with Crippen molar-refractivity contribution in [2.45, 2.75) is 38.3 Å². The van der Waals surface area contributed by atoms with Gasteiger partial charge < -0.3 is 9.88 Å².